The molecule has 0 aliphatic carbocycles. The Labute approximate surface area is 120 Å². The topological polar surface area (TPSA) is 66.6 Å². The summed E-state index contributed by atoms with van der Waals surface area (Å²) in [6.45, 7) is 2.36. The number of para-hydroxylation sites is 1. The van der Waals surface area contributed by atoms with E-state index >= 15 is 0 Å². The standard InChI is InChI=1S/C14H14N2O3S/c1-9(17)13-8-12(16(18)19)14(20-13)15-7-6-10-4-2-3-5-11(10)15/h2-5,8-9,17H,6-7H2,1H3/t9-/m0/s1. The van der Waals surface area contributed by atoms with Gasteiger partial charge in [0, 0.05) is 23.2 Å². The van der Waals surface area contributed by atoms with Crippen LogP contribution in [-0.4, -0.2) is 16.6 Å². The fourth-order valence-electron chi connectivity index (χ4n) is 2.47. The number of thiophene rings is 1. The second kappa shape index (κ2) is 4.88. The maximum Gasteiger partial charge on any atom is 0.304 e. The van der Waals surface area contributed by atoms with E-state index in [-0.39, 0.29) is 10.6 Å². The summed E-state index contributed by atoms with van der Waals surface area (Å²) < 4.78 is 0. The first-order valence-electron chi connectivity index (χ1n) is 6.39. The average molecular weight is 290 g/mol. The summed E-state index contributed by atoms with van der Waals surface area (Å²) in [5, 5.41) is 21.5. The lowest BCUT2D eigenvalue weighted by atomic mass is 10.2. The largest absolute Gasteiger partial charge is 0.388 e. The molecule has 1 atom stereocenters. The van der Waals surface area contributed by atoms with Gasteiger partial charge in [0.25, 0.3) is 0 Å². The molecule has 2 heterocycles. The summed E-state index contributed by atoms with van der Waals surface area (Å²) in [4.78, 5) is 13.5. The molecule has 104 valence electrons. The predicted molar refractivity (Wildman–Crippen MR) is 78.8 cm³/mol. The fourth-order valence-corrected chi connectivity index (χ4v) is 3.57. The van der Waals surface area contributed by atoms with Crippen LogP contribution in [0.25, 0.3) is 0 Å². The number of nitrogens with zero attached hydrogens (tertiary/aromatic N) is 2. The van der Waals surface area contributed by atoms with Crippen molar-refractivity contribution < 1.29 is 10.0 Å². The van der Waals surface area contributed by atoms with Crippen LogP contribution in [0.5, 0.6) is 0 Å². The molecule has 0 spiro atoms. The van der Waals surface area contributed by atoms with Crippen molar-refractivity contribution in [2.75, 3.05) is 11.4 Å². The summed E-state index contributed by atoms with van der Waals surface area (Å²) in [7, 11) is 0. The minimum absolute atomic E-state index is 0.0719. The monoisotopic (exact) mass is 290 g/mol. The third-order valence-corrected chi connectivity index (χ3v) is 4.77. The molecule has 0 amide bonds. The zero-order valence-corrected chi connectivity index (χ0v) is 11.8. The molecular weight excluding hydrogens is 276 g/mol. The molecule has 1 aromatic carbocycles. The van der Waals surface area contributed by atoms with Gasteiger partial charge in [-0.3, -0.25) is 10.1 Å². The van der Waals surface area contributed by atoms with E-state index in [0.717, 1.165) is 18.7 Å². The normalized spacial score (nSPS) is 15.2. The molecule has 0 bridgehead atoms. The lowest BCUT2D eigenvalue weighted by Gasteiger charge is -2.16. The van der Waals surface area contributed by atoms with Crippen molar-refractivity contribution >= 4 is 27.7 Å². The van der Waals surface area contributed by atoms with Gasteiger partial charge in [0.1, 0.15) is 0 Å². The first kappa shape index (κ1) is 13.1. The van der Waals surface area contributed by atoms with E-state index in [1.807, 2.05) is 29.2 Å². The average Bonchev–Trinajstić information content (AvgIpc) is 3.02. The predicted octanol–water partition coefficient (Wildman–Crippen LogP) is 3.40. The molecule has 1 aliphatic heterocycles. The zero-order valence-electron chi connectivity index (χ0n) is 10.9. The van der Waals surface area contributed by atoms with Crippen LogP contribution in [0.3, 0.4) is 0 Å². The first-order valence-corrected chi connectivity index (χ1v) is 7.21. The van der Waals surface area contributed by atoms with Crippen LogP contribution in [0, 0.1) is 10.1 Å². The Balaban J connectivity index is 2.09. The van der Waals surface area contributed by atoms with Crippen molar-refractivity contribution in [2.24, 2.45) is 0 Å². The van der Waals surface area contributed by atoms with E-state index in [1.54, 1.807) is 6.92 Å². The molecule has 6 heteroatoms. The molecule has 1 aliphatic rings. The van der Waals surface area contributed by atoms with E-state index in [1.165, 1.54) is 23.0 Å². The number of hydrogen-bond acceptors (Lipinski definition) is 5. The lowest BCUT2D eigenvalue weighted by molar-refractivity contribution is -0.383. The van der Waals surface area contributed by atoms with E-state index in [4.69, 9.17) is 0 Å². The van der Waals surface area contributed by atoms with Gasteiger partial charge >= 0.3 is 5.69 Å². The van der Waals surface area contributed by atoms with E-state index in [0.29, 0.717) is 9.88 Å². The van der Waals surface area contributed by atoms with Gasteiger partial charge in [0.05, 0.1) is 11.0 Å². The van der Waals surface area contributed by atoms with Crippen molar-refractivity contribution in [3.63, 3.8) is 0 Å². The van der Waals surface area contributed by atoms with Crippen LogP contribution in [0.4, 0.5) is 16.4 Å². The second-order valence-corrected chi connectivity index (χ2v) is 5.86. The SMILES string of the molecule is C[C@H](O)c1cc([N+](=O)[O-])c(N2CCc3ccccc32)s1. The van der Waals surface area contributed by atoms with Crippen molar-refractivity contribution in [1.29, 1.82) is 0 Å². The highest BCUT2D eigenvalue weighted by atomic mass is 32.1. The molecule has 1 N–H and O–H groups in total. The van der Waals surface area contributed by atoms with Crippen molar-refractivity contribution in [2.45, 2.75) is 19.4 Å². The zero-order chi connectivity index (χ0) is 14.3. The highest BCUT2D eigenvalue weighted by Crippen LogP contribution is 2.45. The number of fused-ring (bicyclic) bond motifs is 1. The Morgan fingerprint density at radius 3 is 2.90 bits per heavy atom. The maximum absolute atomic E-state index is 11.2. The van der Waals surface area contributed by atoms with E-state index in [9.17, 15) is 15.2 Å². The Bertz CT molecular complexity index is 666. The van der Waals surface area contributed by atoms with Gasteiger partial charge in [0.2, 0.25) is 0 Å². The molecule has 0 radical (unpaired) electrons. The Morgan fingerprint density at radius 2 is 2.20 bits per heavy atom. The molecule has 2 aromatic rings. The molecule has 0 fully saturated rings. The molecule has 0 saturated carbocycles. The van der Waals surface area contributed by atoms with Crippen molar-refractivity contribution in [1.82, 2.24) is 0 Å². The van der Waals surface area contributed by atoms with Crippen LogP contribution in [0.15, 0.2) is 30.3 Å². The van der Waals surface area contributed by atoms with Gasteiger partial charge in [-0.2, -0.15) is 0 Å². The summed E-state index contributed by atoms with van der Waals surface area (Å²) in [6.07, 6.45) is 0.195. The number of hydrogen-bond donors (Lipinski definition) is 1. The molecular formula is C14H14N2O3S. The van der Waals surface area contributed by atoms with Crippen LogP contribution in [-0.2, 0) is 6.42 Å². The summed E-state index contributed by atoms with van der Waals surface area (Å²) in [5.74, 6) is 0. The molecule has 0 saturated heterocycles. The highest BCUT2D eigenvalue weighted by molar-refractivity contribution is 7.16. The summed E-state index contributed by atoms with van der Waals surface area (Å²) >= 11 is 1.29. The van der Waals surface area contributed by atoms with Crippen LogP contribution >= 0.6 is 11.3 Å². The minimum Gasteiger partial charge on any atom is -0.388 e. The van der Waals surface area contributed by atoms with Gasteiger partial charge in [-0.05, 0) is 25.0 Å². The van der Waals surface area contributed by atoms with E-state index in [2.05, 4.69) is 0 Å². The van der Waals surface area contributed by atoms with Gasteiger partial charge in [-0.15, -0.1) is 11.3 Å². The number of anilines is 2. The third-order valence-electron chi connectivity index (χ3n) is 3.45. The van der Waals surface area contributed by atoms with Gasteiger partial charge in [-0.1, -0.05) is 18.2 Å². The molecule has 20 heavy (non-hydrogen) atoms. The Kier molecular flexibility index (Phi) is 3.19. The lowest BCUT2D eigenvalue weighted by Crippen LogP contribution is -2.12. The fraction of sp³-hybridized carbons (Fsp3) is 0.286. The van der Waals surface area contributed by atoms with E-state index < -0.39 is 6.10 Å². The quantitative estimate of drug-likeness (QED) is 0.695. The van der Waals surface area contributed by atoms with Crippen LogP contribution in [0.1, 0.15) is 23.5 Å². The number of aliphatic hydroxyl groups excluding tert-OH is 1. The number of benzene rings is 1. The second-order valence-electron chi connectivity index (χ2n) is 4.80. The third kappa shape index (κ3) is 2.07. The Hall–Kier alpha value is -1.92. The first-order chi connectivity index (χ1) is 9.58. The molecule has 3 rings (SSSR count). The highest BCUT2D eigenvalue weighted by Gasteiger charge is 2.29. The number of aliphatic hydroxyl groups is 1. The van der Waals surface area contributed by atoms with Gasteiger partial charge in [0.15, 0.2) is 5.00 Å². The summed E-state index contributed by atoms with van der Waals surface area (Å²) in [6, 6.07) is 9.42. The number of rotatable bonds is 3. The smallest absolute Gasteiger partial charge is 0.304 e. The number of nitro groups is 1. The van der Waals surface area contributed by atoms with Gasteiger partial charge in [-0.25, -0.2) is 0 Å². The maximum atomic E-state index is 11.2. The van der Waals surface area contributed by atoms with Crippen molar-refractivity contribution in [3.8, 4) is 0 Å². The van der Waals surface area contributed by atoms with Crippen molar-refractivity contribution in [3.05, 3.63) is 50.9 Å². The Morgan fingerprint density at radius 1 is 1.45 bits per heavy atom. The minimum atomic E-state index is -0.690. The summed E-state index contributed by atoms with van der Waals surface area (Å²) in [5.41, 5.74) is 2.30. The molecule has 1 aromatic heterocycles. The molecule has 5 nitrogen and oxygen atoms in total. The molecule has 0 unspecified atom stereocenters. The van der Waals surface area contributed by atoms with Crippen LogP contribution in [0.2, 0.25) is 0 Å². The van der Waals surface area contributed by atoms with Crippen LogP contribution < -0.4 is 4.90 Å². The van der Waals surface area contributed by atoms with Gasteiger partial charge < -0.3 is 10.0 Å².